The highest BCUT2D eigenvalue weighted by atomic mass is 35.5. The molecule has 1 saturated heterocycles. The SMILES string of the molecule is Cc1cc(C(=O)N2CC[C@](COc3ccc(Cl)cn3)(Cc3cccc(Cl)c3)C2)cnn1. The number of amides is 1. The maximum Gasteiger partial charge on any atom is 0.255 e. The van der Waals surface area contributed by atoms with E-state index in [9.17, 15) is 4.79 Å². The Morgan fingerprint density at radius 2 is 2.03 bits per heavy atom. The number of nitrogens with zero attached hydrogens (tertiary/aromatic N) is 4. The molecule has 0 N–H and O–H groups in total. The third-order valence-electron chi connectivity index (χ3n) is 5.44. The van der Waals surface area contributed by atoms with E-state index in [1.54, 1.807) is 24.4 Å². The lowest BCUT2D eigenvalue weighted by atomic mass is 9.81. The van der Waals surface area contributed by atoms with E-state index >= 15 is 0 Å². The molecule has 3 heterocycles. The smallest absolute Gasteiger partial charge is 0.255 e. The lowest BCUT2D eigenvalue weighted by molar-refractivity contribution is 0.0747. The van der Waals surface area contributed by atoms with Crippen molar-refractivity contribution >= 4 is 29.1 Å². The first-order valence-electron chi connectivity index (χ1n) is 10.00. The van der Waals surface area contributed by atoms with Gasteiger partial charge in [-0.1, -0.05) is 35.3 Å². The second-order valence-corrected chi connectivity index (χ2v) is 8.85. The molecule has 0 aliphatic carbocycles. The second-order valence-electron chi connectivity index (χ2n) is 7.97. The van der Waals surface area contributed by atoms with E-state index in [1.807, 2.05) is 30.0 Å². The van der Waals surface area contributed by atoms with Crippen molar-refractivity contribution in [1.82, 2.24) is 20.1 Å². The fraction of sp³-hybridized carbons (Fsp3) is 0.304. The van der Waals surface area contributed by atoms with Crippen molar-refractivity contribution < 1.29 is 9.53 Å². The molecule has 1 aliphatic heterocycles. The van der Waals surface area contributed by atoms with Crippen LogP contribution in [0.2, 0.25) is 10.0 Å². The molecule has 1 aromatic carbocycles. The highest BCUT2D eigenvalue weighted by Crippen LogP contribution is 2.36. The van der Waals surface area contributed by atoms with Gasteiger partial charge in [0.2, 0.25) is 5.88 Å². The Hall–Kier alpha value is -2.70. The van der Waals surface area contributed by atoms with Crippen LogP contribution in [-0.4, -0.2) is 45.7 Å². The highest BCUT2D eigenvalue weighted by molar-refractivity contribution is 6.30. The van der Waals surface area contributed by atoms with Gasteiger partial charge in [0.05, 0.1) is 29.1 Å². The van der Waals surface area contributed by atoms with Gasteiger partial charge in [0.15, 0.2) is 0 Å². The Morgan fingerprint density at radius 1 is 1.16 bits per heavy atom. The molecular weight excluding hydrogens is 435 g/mol. The number of pyridine rings is 1. The Balaban J connectivity index is 1.55. The van der Waals surface area contributed by atoms with Gasteiger partial charge in [0.1, 0.15) is 0 Å². The van der Waals surface area contributed by atoms with Gasteiger partial charge < -0.3 is 9.64 Å². The van der Waals surface area contributed by atoms with Gasteiger partial charge in [0, 0.05) is 35.8 Å². The van der Waals surface area contributed by atoms with E-state index in [-0.39, 0.29) is 11.3 Å². The van der Waals surface area contributed by atoms with Crippen LogP contribution in [0.4, 0.5) is 0 Å². The zero-order valence-electron chi connectivity index (χ0n) is 17.1. The predicted molar refractivity (Wildman–Crippen MR) is 120 cm³/mol. The molecule has 0 saturated carbocycles. The molecule has 31 heavy (non-hydrogen) atoms. The topological polar surface area (TPSA) is 68.2 Å². The summed E-state index contributed by atoms with van der Waals surface area (Å²) in [5, 5.41) is 9.11. The fourth-order valence-electron chi connectivity index (χ4n) is 3.95. The summed E-state index contributed by atoms with van der Waals surface area (Å²) in [5.74, 6) is 0.462. The third kappa shape index (κ3) is 5.32. The molecule has 0 bridgehead atoms. The first kappa shape index (κ1) is 21.5. The number of carbonyl (C=O) groups is 1. The van der Waals surface area contributed by atoms with Crippen molar-refractivity contribution in [2.75, 3.05) is 19.7 Å². The first-order valence-corrected chi connectivity index (χ1v) is 10.8. The van der Waals surface area contributed by atoms with Crippen LogP contribution in [0, 0.1) is 12.3 Å². The summed E-state index contributed by atoms with van der Waals surface area (Å²) >= 11 is 12.1. The second kappa shape index (κ2) is 9.20. The fourth-order valence-corrected chi connectivity index (χ4v) is 4.27. The van der Waals surface area contributed by atoms with Gasteiger partial charge >= 0.3 is 0 Å². The molecule has 160 valence electrons. The van der Waals surface area contributed by atoms with Gasteiger partial charge in [0.25, 0.3) is 5.91 Å². The van der Waals surface area contributed by atoms with Crippen LogP contribution in [-0.2, 0) is 6.42 Å². The zero-order valence-corrected chi connectivity index (χ0v) is 18.6. The van der Waals surface area contributed by atoms with Crippen LogP contribution in [0.25, 0.3) is 0 Å². The zero-order chi connectivity index (χ0) is 21.8. The molecule has 1 amide bonds. The van der Waals surface area contributed by atoms with Gasteiger partial charge in [-0.3, -0.25) is 4.79 Å². The summed E-state index contributed by atoms with van der Waals surface area (Å²) in [6.45, 7) is 3.45. The van der Waals surface area contributed by atoms with Crippen LogP contribution >= 0.6 is 23.2 Å². The Morgan fingerprint density at radius 3 is 2.77 bits per heavy atom. The molecule has 0 radical (unpaired) electrons. The van der Waals surface area contributed by atoms with E-state index in [1.165, 1.54) is 6.20 Å². The minimum atomic E-state index is -0.267. The van der Waals surface area contributed by atoms with E-state index in [2.05, 4.69) is 21.2 Å². The molecule has 4 rings (SSSR count). The normalized spacial score (nSPS) is 18.2. The molecule has 1 aliphatic rings. The molecule has 0 unspecified atom stereocenters. The van der Waals surface area contributed by atoms with Gasteiger partial charge in [-0.25, -0.2) is 4.98 Å². The number of benzene rings is 1. The Bertz CT molecular complexity index is 1080. The number of hydrogen-bond donors (Lipinski definition) is 0. The van der Waals surface area contributed by atoms with Gasteiger partial charge in [-0.15, -0.1) is 0 Å². The highest BCUT2D eigenvalue weighted by Gasteiger charge is 2.41. The van der Waals surface area contributed by atoms with Crippen molar-refractivity contribution in [3.63, 3.8) is 0 Å². The van der Waals surface area contributed by atoms with E-state index in [0.717, 1.165) is 18.4 Å². The summed E-state index contributed by atoms with van der Waals surface area (Å²) in [4.78, 5) is 19.2. The van der Waals surface area contributed by atoms with E-state index in [0.29, 0.717) is 46.9 Å². The monoisotopic (exact) mass is 456 g/mol. The van der Waals surface area contributed by atoms with Crippen LogP contribution in [0.15, 0.2) is 54.9 Å². The molecular formula is C23H22Cl2N4O2. The van der Waals surface area contributed by atoms with Crippen molar-refractivity contribution in [2.45, 2.75) is 19.8 Å². The molecule has 8 heteroatoms. The number of aryl methyl sites for hydroxylation is 1. The van der Waals surface area contributed by atoms with Crippen molar-refractivity contribution in [3.05, 3.63) is 81.7 Å². The molecule has 3 aromatic rings. The summed E-state index contributed by atoms with van der Waals surface area (Å²) in [7, 11) is 0. The molecule has 2 aromatic heterocycles. The summed E-state index contributed by atoms with van der Waals surface area (Å²) in [6.07, 6.45) is 4.61. The molecule has 0 spiro atoms. The van der Waals surface area contributed by atoms with Crippen molar-refractivity contribution in [3.8, 4) is 5.88 Å². The predicted octanol–water partition coefficient (Wildman–Crippen LogP) is 4.64. The average Bonchev–Trinajstić information content (AvgIpc) is 3.17. The van der Waals surface area contributed by atoms with E-state index < -0.39 is 0 Å². The molecule has 1 atom stereocenters. The lowest BCUT2D eigenvalue weighted by Crippen LogP contribution is -2.37. The lowest BCUT2D eigenvalue weighted by Gasteiger charge is -2.29. The van der Waals surface area contributed by atoms with Gasteiger partial charge in [-0.2, -0.15) is 10.2 Å². The largest absolute Gasteiger partial charge is 0.477 e. The minimum Gasteiger partial charge on any atom is -0.477 e. The van der Waals surface area contributed by atoms with Crippen LogP contribution < -0.4 is 4.74 Å². The van der Waals surface area contributed by atoms with Crippen molar-refractivity contribution in [1.29, 1.82) is 0 Å². The number of carbonyl (C=O) groups excluding carboxylic acids is 1. The maximum absolute atomic E-state index is 13.1. The van der Waals surface area contributed by atoms with Crippen molar-refractivity contribution in [2.24, 2.45) is 5.41 Å². The number of likely N-dealkylation sites (tertiary alicyclic amines) is 1. The quantitative estimate of drug-likeness (QED) is 0.540. The standard InChI is InChI=1S/C23H22Cl2N4O2/c1-16-9-18(12-27-28-16)22(30)29-8-7-23(14-29,11-17-3-2-4-19(24)10-17)15-31-21-6-5-20(25)13-26-21/h2-6,9-10,12-13H,7-8,11,14-15H2,1H3/t23-/m0/s1. The first-order chi connectivity index (χ1) is 14.9. The summed E-state index contributed by atoms with van der Waals surface area (Å²) in [6, 6.07) is 13.1. The summed E-state index contributed by atoms with van der Waals surface area (Å²) < 4.78 is 6.04. The average molecular weight is 457 g/mol. The molecule has 1 fully saturated rings. The van der Waals surface area contributed by atoms with Crippen LogP contribution in [0.3, 0.4) is 0 Å². The number of aromatic nitrogens is 3. The van der Waals surface area contributed by atoms with Crippen LogP contribution in [0.1, 0.15) is 28.0 Å². The van der Waals surface area contributed by atoms with E-state index in [4.69, 9.17) is 27.9 Å². The number of hydrogen-bond acceptors (Lipinski definition) is 5. The Labute approximate surface area is 191 Å². The maximum atomic E-state index is 13.1. The number of ether oxygens (including phenoxy) is 1. The molecule has 6 nitrogen and oxygen atoms in total. The Kier molecular flexibility index (Phi) is 6.39. The third-order valence-corrected chi connectivity index (χ3v) is 5.90. The van der Waals surface area contributed by atoms with Gasteiger partial charge in [-0.05, 0) is 49.6 Å². The summed E-state index contributed by atoms with van der Waals surface area (Å²) in [5.41, 5.74) is 2.10. The van der Waals surface area contributed by atoms with Crippen LogP contribution in [0.5, 0.6) is 5.88 Å². The number of rotatable bonds is 6. The minimum absolute atomic E-state index is 0.0458. The number of halogens is 2.